The van der Waals surface area contributed by atoms with Gasteiger partial charge in [0.2, 0.25) is 0 Å². The Balaban J connectivity index is 1.73. The van der Waals surface area contributed by atoms with E-state index in [1.54, 1.807) is 0 Å². The maximum atomic E-state index is 12.1. The fraction of sp³-hybridized carbons (Fsp3) is 0.650. The highest BCUT2D eigenvalue weighted by Crippen LogP contribution is 2.26. The second kappa shape index (κ2) is 7.85. The van der Waals surface area contributed by atoms with Gasteiger partial charge in [-0.25, -0.2) is 4.79 Å². The lowest BCUT2D eigenvalue weighted by Gasteiger charge is -2.34. The Morgan fingerprint density at radius 3 is 2.39 bits per heavy atom. The Bertz CT molecular complexity index is 484. The Labute approximate surface area is 141 Å². The lowest BCUT2D eigenvalue weighted by atomic mass is 9.85. The third-order valence-electron chi connectivity index (χ3n) is 4.43. The molecule has 3 nitrogen and oxygen atoms in total. The Hall–Kier alpha value is -1.51. The fourth-order valence-electron chi connectivity index (χ4n) is 3.35. The molecule has 0 spiro atoms. The van der Waals surface area contributed by atoms with Gasteiger partial charge in [-0.2, -0.15) is 0 Å². The molecule has 0 saturated carbocycles. The van der Waals surface area contributed by atoms with Gasteiger partial charge in [-0.1, -0.05) is 37.3 Å². The van der Waals surface area contributed by atoms with Gasteiger partial charge in [0.25, 0.3) is 0 Å². The molecule has 0 aliphatic carbocycles. The summed E-state index contributed by atoms with van der Waals surface area (Å²) in [7, 11) is 0. The molecule has 0 bridgehead atoms. The van der Waals surface area contributed by atoms with E-state index < -0.39 is 5.60 Å². The average molecular weight is 317 g/mol. The molecule has 1 saturated heterocycles. The molecular formula is C20H31NO2. The number of nitrogens with zero attached hydrogens (tertiary/aromatic N) is 1. The van der Waals surface area contributed by atoms with Gasteiger partial charge < -0.3 is 9.64 Å². The first-order valence-corrected chi connectivity index (χ1v) is 8.85. The zero-order valence-corrected chi connectivity index (χ0v) is 15.0. The van der Waals surface area contributed by atoms with Gasteiger partial charge in [-0.3, -0.25) is 0 Å². The molecule has 1 aliphatic rings. The molecule has 1 fully saturated rings. The van der Waals surface area contributed by atoms with Gasteiger partial charge in [-0.05, 0) is 63.9 Å². The van der Waals surface area contributed by atoms with Crippen molar-refractivity contribution in [1.82, 2.24) is 4.90 Å². The monoisotopic (exact) mass is 317 g/mol. The average Bonchev–Trinajstić information content (AvgIpc) is 2.47. The minimum atomic E-state index is -0.405. The van der Waals surface area contributed by atoms with E-state index in [4.69, 9.17) is 4.74 Å². The minimum absolute atomic E-state index is 0.159. The Kier molecular flexibility index (Phi) is 6.09. The lowest BCUT2D eigenvalue weighted by molar-refractivity contribution is 0.0176. The van der Waals surface area contributed by atoms with E-state index >= 15 is 0 Å². The van der Waals surface area contributed by atoms with Crippen molar-refractivity contribution in [2.45, 2.75) is 59.0 Å². The van der Waals surface area contributed by atoms with Gasteiger partial charge in [-0.15, -0.1) is 0 Å². The van der Waals surface area contributed by atoms with Crippen LogP contribution >= 0.6 is 0 Å². The van der Waals surface area contributed by atoms with Crippen molar-refractivity contribution in [3.8, 4) is 0 Å². The van der Waals surface area contributed by atoms with Gasteiger partial charge in [0.05, 0.1) is 0 Å². The summed E-state index contributed by atoms with van der Waals surface area (Å²) >= 11 is 0. The summed E-state index contributed by atoms with van der Waals surface area (Å²) in [6, 6.07) is 10.7. The zero-order valence-electron chi connectivity index (χ0n) is 15.0. The highest BCUT2D eigenvalue weighted by atomic mass is 16.6. The van der Waals surface area contributed by atoms with Gasteiger partial charge in [0.1, 0.15) is 5.60 Å². The van der Waals surface area contributed by atoms with Crippen LogP contribution in [0.2, 0.25) is 0 Å². The predicted octanol–water partition coefficient (Wildman–Crippen LogP) is 4.90. The largest absolute Gasteiger partial charge is 0.444 e. The topological polar surface area (TPSA) is 29.5 Å². The summed E-state index contributed by atoms with van der Waals surface area (Å²) in [5.41, 5.74) is 1.02. The SMILES string of the molecule is C[C@H](Cc1ccccc1)CC1CCN(C(=O)OC(C)(C)C)CC1. The van der Waals surface area contributed by atoms with E-state index in [2.05, 4.69) is 37.3 Å². The number of likely N-dealkylation sites (tertiary alicyclic amines) is 1. The number of hydrogen-bond donors (Lipinski definition) is 0. The number of carbonyl (C=O) groups excluding carboxylic acids is 1. The molecule has 0 N–H and O–H groups in total. The van der Waals surface area contributed by atoms with Crippen molar-refractivity contribution >= 4 is 6.09 Å². The normalized spacial score (nSPS) is 17.8. The van der Waals surface area contributed by atoms with Crippen molar-refractivity contribution in [3.63, 3.8) is 0 Å². The summed E-state index contributed by atoms with van der Waals surface area (Å²) < 4.78 is 5.46. The summed E-state index contributed by atoms with van der Waals surface area (Å²) in [4.78, 5) is 14.0. The second-order valence-corrected chi connectivity index (χ2v) is 7.94. The lowest BCUT2D eigenvalue weighted by Crippen LogP contribution is -2.41. The van der Waals surface area contributed by atoms with Crippen LogP contribution in [0, 0.1) is 11.8 Å². The van der Waals surface area contributed by atoms with Gasteiger partial charge in [0, 0.05) is 13.1 Å². The second-order valence-electron chi connectivity index (χ2n) is 7.94. The summed E-state index contributed by atoms with van der Waals surface area (Å²) in [5.74, 6) is 1.42. The number of hydrogen-bond acceptors (Lipinski definition) is 2. The van der Waals surface area contributed by atoms with E-state index in [0.29, 0.717) is 5.92 Å². The number of benzene rings is 1. The molecule has 1 heterocycles. The van der Waals surface area contributed by atoms with Crippen molar-refractivity contribution in [3.05, 3.63) is 35.9 Å². The summed E-state index contributed by atoms with van der Waals surface area (Å²) in [5, 5.41) is 0. The first kappa shape index (κ1) is 17.8. The number of ether oxygens (including phenoxy) is 1. The van der Waals surface area contributed by atoms with Crippen LogP contribution in [0.25, 0.3) is 0 Å². The number of amides is 1. The van der Waals surface area contributed by atoms with Crippen LogP contribution < -0.4 is 0 Å². The first-order valence-electron chi connectivity index (χ1n) is 8.85. The van der Waals surface area contributed by atoms with Crippen LogP contribution in [0.4, 0.5) is 4.79 Å². The summed E-state index contributed by atoms with van der Waals surface area (Å²) in [6.45, 7) is 9.76. The molecule has 0 radical (unpaired) electrons. The maximum Gasteiger partial charge on any atom is 0.410 e. The van der Waals surface area contributed by atoms with Gasteiger partial charge in [0.15, 0.2) is 0 Å². The predicted molar refractivity (Wildman–Crippen MR) is 94.5 cm³/mol. The van der Waals surface area contributed by atoms with Crippen LogP contribution in [0.15, 0.2) is 30.3 Å². The molecule has 3 heteroatoms. The van der Waals surface area contributed by atoms with E-state index in [1.807, 2.05) is 25.7 Å². The van der Waals surface area contributed by atoms with Crippen LogP contribution in [-0.4, -0.2) is 29.7 Å². The molecule has 2 rings (SSSR count). The molecule has 1 amide bonds. The smallest absolute Gasteiger partial charge is 0.410 e. The number of rotatable bonds is 4. The highest BCUT2D eigenvalue weighted by Gasteiger charge is 2.27. The van der Waals surface area contributed by atoms with Crippen LogP contribution in [0.3, 0.4) is 0 Å². The van der Waals surface area contributed by atoms with Crippen molar-refractivity contribution in [1.29, 1.82) is 0 Å². The van der Waals surface area contributed by atoms with Gasteiger partial charge >= 0.3 is 6.09 Å². The van der Waals surface area contributed by atoms with Crippen LogP contribution in [0.5, 0.6) is 0 Å². The van der Waals surface area contributed by atoms with Crippen molar-refractivity contribution in [2.75, 3.05) is 13.1 Å². The standard InChI is InChI=1S/C20H31NO2/c1-16(14-17-8-6-5-7-9-17)15-18-10-12-21(13-11-18)19(22)23-20(2,3)4/h5-9,16,18H,10-15H2,1-4H3/t16-/m1/s1. The van der Waals surface area contributed by atoms with Crippen molar-refractivity contribution in [2.24, 2.45) is 11.8 Å². The highest BCUT2D eigenvalue weighted by molar-refractivity contribution is 5.68. The molecule has 128 valence electrons. The third-order valence-corrected chi connectivity index (χ3v) is 4.43. The van der Waals surface area contributed by atoms with E-state index in [-0.39, 0.29) is 6.09 Å². The van der Waals surface area contributed by atoms with Crippen LogP contribution in [0.1, 0.15) is 52.5 Å². The minimum Gasteiger partial charge on any atom is -0.444 e. The van der Waals surface area contributed by atoms with E-state index in [1.165, 1.54) is 12.0 Å². The molecule has 1 aliphatic heterocycles. The third kappa shape index (κ3) is 6.25. The Morgan fingerprint density at radius 2 is 1.83 bits per heavy atom. The van der Waals surface area contributed by atoms with E-state index in [0.717, 1.165) is 38.3 Å². The number of carbonyl (C=O) groups is 1. The molecular weight excluding hydrogens is 286 g/mol. The molecule has 23 heavy (non-hydrogen) atoms. The summed E-state index contributed by atoms with van der Waals surface area (Å²) in [6.07, 6.45) is 4.43. The Morgan fingerprint density at radius 1 is 1.22 bits per heavy atom. The molecule has 1 atom stereocenters. The fourth-order valence-corrected chi connectivity index (χ4v) is 3.35. The number of piperidine rings is 1. The quantitative estimate of drug-likeness (QED) is 0.790. The first-order chi connectivity index (χ1) is 10.8. The van der Waals surface area contributed by atoms with Crippen molar-refractivity contribution < 1.29 is 9.53 Å². The molecule has 1 aromatic carbocycles. The maximum absolute atomic E-state index is 12.1. The van der Waals surface area contributed by atoms with Crippen LogP contribution in [-0.2, 0) is 11.2 Å². The zero-order chi connectivity index (χ0) is 16.9. The molecule has 0 unspecified atom stereocenters. The van der Waals surface area contributed by atoms with E-state index in [9.17, 15) is 4.79 Å². The molecule has 0 aromatic heterocycles. The molecule has 1 aromatic rings.